The Balaban J connectivity index is 0.000000184. The highest BCUT2D eigenvalue weighted by Gasteiger charge is 2.07. The van der Waals surface area contributed by atoms with Crippen molar-refractivity contribution in [3.63, 3.8) is 0 Å². The van der Waals surface area contributed by atoms with Gasteiger partial charge in [-0.1, -0.05) is 31.2 Å². The fourth-order valence-corrected chi connectivity index (χ4v) is 3.66. The third kappa shape index (κ3) is 5.15. The fourth-order valence-electron chi connectivity index (χ4n) is 2.86. The Kier molecular flexibility index (Phi) is 7.03. The van der Waals surface area contributed by atoms with Crippen molar-refractivity contribution in [2.24, 2.45) is 0 Å². The molecular weight excluding hydrogens is 398 g/mol. The number of nitrogens with zero attached hydrogens (tertiary/aromatic N) is 1. The first-order valence-electron chi connectivity index (χ1n) is 9.52. The molecule has 0 aliphatic carbocycles. The van der Waals surface area contributed by atoms with Gasteiger partial charge in [0, 0.05) is 27.0 Å². The van der Waals surface area contributed by atoms with E-state index in [4.69, 9.17) is 11.5 Å². The van der Waals surface area contributed by atoms with Crippen molar-refractivity contribution in [1.29, 1.82) is 0 Å². The van der Waals surface area contributed by atoms with Crippen LogP contribution in [0.1, 0.15) is 13.3 Å². The summed E-state index contributed by atoms with van der Waals surface area (Å²) >= 11 is 1.80. The predicted molar refractivity (Wildman–Crippen MR) is 126 cm³/mol. The van der Waals surface area contributed by atoms with E-state index < -0.39 is 6.09 Å². The van der Waals surface area contributed by atoms with Crippen LogP contribution in [0, 0.1) is 0 Å². The molecule has 0 aliphatic rings. The summed E-state index contributed by atoms with van der Waals surface area (Å²) in [5.41, 5.74) is 14.8. The number of nitrogens with one attached hydrogen (secondary N) is 2. The molecule has 4 rings (SSSR count). The zero-order valence-electron chi connectivity index (χ0n) is 16.9. The lowest BCUT2D eigenvalue weighted by Gasteiger charge is -2.03. The lowest BCUT2D eigenvalue weighted by atomic mass is 10.1. The maximum absolute atomic E-state index is 11.1. The van der Waals surface area contributed by atoms with E-state index in [1.165, 1.54) is 12.0 Å². The molecule has 0 unspecified atom stereocenters. The molecule has 3 aromatic carbocycles. The van der Waals surface area contributed by atoms with Crippen LogP contribution in [0.4, 0.5) is 22.1 Å². The SMILES string of the molecule is CCCSc1ccc2[nH]c(NC(=O)OC)nc2c1.Nc1cccc2c(N)cccc12. The Bertz CT molecular complexity index is 1120. The van der Waals surface area contributed by atoms with E-state index in [1.807, 2.05) is 54.6 Å². The number of rotatable bonds is 4. The van der Waals surface area contributed by atoms with Crippen molar-refractivity contribution in [1.82, 2.24) is 9.97 Å². The van der Waals surface area contributed by atoms with Crippen molar-refractivity contribution < 1.29 is 9.53 Å². The van der Waals surface area contributed by atoms with Gasteiger partial charge < -0.3 is 21.2 Å². The molecule has 7 nitrogen and oxygen atoms in total. The van der Waals surface area contributed by atoms with Crippen molar-refractivity contribution >= 4 is 57.0 Å². The minimum absolute atomic E-state index is 0.398. The standard InChI is InChI=1S/C12H15N3O2S.C10H10N2/c1-3-6-18-8-4-5-9-10(7-8)14-11(13-9)15-12(16)17-2;11-9-5-1-3-7-8(9)4-2-6-10(7)12/h4-5,7H,3,6H2,1-2H3,(H2,13,14,15,16);1-6H,11-12H2. The van der Waals surface area contributed by atoms with Crippen molar-refractivity contribution in [2.75, 3.05) is 29.6 Å². The average molecular weight is 424 g/mol. The summed E-state index contributed by atoms with van der Waals surface area (Å²) in [5.74, 6) is 1.48. The summed E-state index contributed by atoms with van der Waals surface area (Å²) in [7, 11) is 1.32. The quantitative estimate of drug-likeness (QED) is 0.263. The van der Waals surface area contributed by atoms with E-state index in [-0.39, 0.29) is 0 Å². The van der Waals surface area contributed by atoms with Gasteiger partial charge in [0.1, 0.15) is 0 Å². The van der Waals surface area contributed by atoms with Gasteiger partial charge in [-0.05, 0) is 42.5 Å². The normalized spacial score (nSPS) is 10.5. The van der Waals surface area contributed by atoms with Gasteiger partial charge in [-0.2, -0.15) is 0 Å². The maximum Gasteiger partial charge on any atom is 0.413 e. The number of hydrogen-bond acceptors (Lipinski definition) is 6. The number of hydrogen-bond donors (Lipinski definition) is 4. The number of benzene rings is 3. The second kappa shape index (κ2) is 9.89. The Hall–Kier alpha value is -3.39. The number of aromatic nitrogens is 2. The molecule has 1 aromatic heterocycles. The van der Waals surface area contributed by atoms with Crippen molar-refractivity contribution in [3.05, 3.63) is 54.6 Å². The van der Waals surface area contributed by atoms with Crippen molar-refractivity contribution in [3.8, 4) is 0 Å². The Morgan fingerprint density at radius 2 is 1.77 bits per heavy atom. The molecule has 0 bridgehead atoms. The predicted octanol–water partition coefficient (Wildman–Crippen LogP) is 5.25. The number of ether oxygens (including phenoxy) is 1. The zero-order chi connectivity index (χ0) is 21.5. The first kappa shape index (κ1) is 21.3. The molecule has 30 heavy (non-hydrogen) atoms. The van der Waals surface area contributed by atoms with Gasteiger partial charge in [0.2, 0.25) is 5.95 Å². The lowest BCUT2D eigenvalue weighted by molar-refractivity contribution is 0.186. The summed E-state index contributed by atoms with van der Waals surface area (Å²) < 4.78 is 4.51. The van der Waals surface area contributed by atoms with Crippen LogP contribution in [0.5, 0.6) is 0 Å². The highest BCUT2D eigenvalue weighted by atomic mass is 32.2. The molecule has 1 heterocycles. The number of H-pyrrole nitrogens is 1. The third-order valence-electron chi connectivity index (χ3n) is 4.32. The van der Waals surface area contributed by atoms with Gasteiger partial charge in [0.15, 0.2) is 0 Å². The molecule has 0 radical (unpaired) electrons. The van der Waals surface area contributed by atoms with E-state index in [0.29, 0.717) is 5.95 Å². The number of fused-ring (bicyclic) bond motifs is 2. The van der Waals surface area contributed by atoms with E-state index in [1.54, 1.807) is 11.8 Å². The molecule has 0 atom stereocenters. The summed E-state index contributed by atoms with van der Waals surface area (Å²) in [6, 6.07) is 17.5. The van der Waals surface area contributed by atoms with Crippen LogP contribution in [-0.2, 0) is 4.74 Å². The molecule has 0 aliphatic heterocycles. The molecule has 156 valence electrons. The van der Waals surface area contributed by atoms with E-state index in [2.05, 4.69) is 26.9 Å². The Labute approximate surface area is 179 Å². The summed E-state index contributed by atoms with van der Waals surface area (Å²) in [5, 5.41) is 4.56. The molecule has 6 N–H and O–H groups in total. The Morgan fingerprint density at radius 1 is 1.10 bits per heavy atom. The molecule has 1 amide bonds. The molecule has 4 aromatic rings. The topological polar surface area (TPSA) is 119 Å². The van der Waals surface area contributed by atoms with Gasteiger partial charge in [-0.25, -0.2) is 9.78 Å². The van der Waals surface area contributed by atoms with Crippen LogP contribution in [0.15, 0.2) is 59.5 Å². The minimum atomic E-state index is -0.533. The van der Waals surface area contributed by atoms with Gasteiger partial charge in [-0.3, -0.25) is 5.32 Å². The summed E-state index contributed by atoms with van der Waals surface area (Å²) in [6.45, 7) is 2.15. The van der Waals surface area contributed by atoms with Crippen LogP contribution in [0.25, 0.3) is 21.8 Å². The smallest absolute Gasteiger partial charge is 0.413 e. The monoisotopic (exact) mass is 423 g/mol. The van der Waals surface area contributed by atoms with Crippen LogP contribution in [0.3, 0.4) is 0 Å². The van der Waals surface area contributed by atoms with E-state index >= 15 is 0 Å². The van der Waals surface area contributed by atoms with Crippen LogP contribution in [0.2, 0.25) is 0 Å². The number of thioether (sulfide) groups is 1. The van der Waals surface area contributed by atoms with Gasteiger partial charge in [0.05, 0.1) is 18.1 Å². The van der Waals surface area contributed by atoms with E-state index in [9.17, 15) is 4.79 Å². The fraction of sp³-hybridized carbons (Fsp3) is 0.182. The second-order valence-corrected chi connectivity index (χ2v) is 7.69. The average Bonchev–Trinajstić information content (AvgIpc) is 3.15. The maximum atomic E-state index is 11.1. The minimum Gasteiger partial charge on any atom is -0.453 e. The van der Waals surface area contributed by atoms with Crippen LogP contribution < -0.4 is 16.8 Å². The highest BCUT2D eigenvalue weighted by molar-refractivity contribution is 7.99. The number of nitrogen functional groups attached to an aromatic ring is 2. The number of methoxy groups -OCH3 is 1. The summed E-state index contributed by atoms with van der Waals surface area (Å²) in [6.07, 6.45) is 0.605. The van der Waals surface area contributed by atoms with E-state index in [0.717, 1.165) is 45.4 Å². The lowest BCUT2D eigenvalue weighted by Crippen LogP contribution is -2.11. The molecule has 0 saturated carbocycles. The van der Waals surface area contributed by atoms with Gasteiger partial charge in [-0.15, -0.1) is 11.8 Å². The molecule has 0 fully saturated rings. The number of anilines is 3. The number of aromatic amines is 1. The van der Waals surface area contributed by atoms with Crippen LogP contribution in [-0.4, -0.2) is 28.9 Å². The Morgan fingerprint density at radius 3 is 2.37 bits per heavy atom. The van der Waals surface area contributed by atoms with Crippen LogP contribution >= 0.6 is 11.8 Å². The highest BCUT2D eigenvalue weighted by Crippen LogP contribution is 2.25. The number of imidazole rings is 1. The number of nitrogens with two attached hydrogens (primary N) is 2. The first-order valence-corrected chi connectivity index (χ1v) is 10.5. The third-order valence-corrected chi connectivity index (χ3v) is 5.52. The van der Waals surface area contributed by atoms with Crippen molar-refractivity contribution in [2.45, 2.75) is 18.2 Å². The number of carbonyl (C=O) groups is 1. The zero-order valence-corrected chi connectivity index (χ0v) is 17.8. The molecular formula is C22H25N5O2S. The first-order chi connectivity index (χ1) is 14.5. The van der Waals surface area contributed by atoms with Gasteiger partial charge >= 0.3 is 6.09 Å². The number of amides is 1. The largest absolute Gasteiger partial charge is 0.453 e. The second-order valence-electron chi connectivity index (χ2n) is 6.52. The van der Waals surface area contributed by atoms with Gasteiger partial charge in [0.25, 0.3) is 0 Å². The molecule has 0 spiro atoms. The molecule has 0 saturated heterocycles. The molecule has 8 heteroatoms. The number of carbonyl (C=O) groups excluding carboxylic acids is 1. The summed E-state index contributed by atoms with van der Waals surface area (Å²) in [4.78, 5) is 19.6.